The zero-order chi connectivity index (χ0) is 7.82. The van der Waals surface area contributed by atoms with Crippen LogP contribution in [0.1, 0.15) is 25.7 Å². The number of ether oxygens (including phenoxy) is 1. The van der Waals surface area contributed by atoms with E-state index in [4.69, 9.17) is 10.8 Å². The fourth-order valence-electron chi connectivity index (χ4n) is 0.634. The lowest BCUT2D eigenvalue weighted by Gasteiger charge is -1.99. The summed E-state index contributed by atoms with van der Waals surface area (Å²) < 4.78 is 4.66. The van der Waals surface area contributed by atoms with Crippen LogP contribution in [0.3, 0.4) is 0 Å². The fraction of sp³-hybridized carbons (Fsp3) is 0.714. The minimum atomic E-state index is 0.338. The first-order chi connectivity index (χ1) is 4.81. The first-order valence-corrected chi connectivity index (χ1v) is 3.41. The van der Waals surface area contributed by atoms with Crippen LogP contribution >= 0.6 is 0 Å². The van der Waals surface area contributed by atoms with Gasteiger partial charge < -0.3 is 10.1 Å². The lowest BCUT2D eigenvalue weighted by atomic mass is 10.2. The molecule has 0 unspecified atom stereocenters. The number of nitrogens with one attached hydrogen (secondary N) is 2. The van der Waals surface area contributed by atoms with Crippen molar-refractivity contribution in [1.29, 1.82) is 10.8 Å². The zero-order valence-electron chi connectivity index (χ0n) is 6.31. The van der Waals surface area contributed by atoms with Gasteiger partial charge in [0.25, 0.3) is 0 Å². The van der Waals surface area contributed by atoms with Crippen molar-refractivity contribution in [1.82, 2.24) is 0 Å². The Morgan fingerprint density at radius 3 is 2.70 bits per heavy atom. The van der Waals surface area contributed by atoms with Crippen LogP contribution in [0, 0.1) is 10.8 Å². The summed E-state index contributed by atoms with van der Waals surface area (Å²) in [6.45, 7) is 0. The second kappa shape index (κ2) is 6.26. The molecule has 10 heavy (non-hydrogen) atoms. The molecule has 0 aliphatic rings. The minimum Gasteiger partial charge on any atom is -0.484 e. The molecule has 0 saturated carbocycles. The highest BCUT2D eigenvalue weighted by molar-refractivity contribution is 5.72. The molecule has 0 rings (SSSR count). The van der Waals surface area contributed by atoms with E-state index in [1.54, 1.807) is 0 Å². The van der Waals surface area contributed by atoms with Crippen molar-refractivity contribution >= 4 is 12.1 Å². The molecule has 0 heterocycles. The Morgan fingerprint density at radius 2 is 2.20 bits per heavy atom. The van der Waals surface area contributed by atoms with Gasteiger partial charge in [0, 0.05) is 6.42 Å². The van der Waals surface area contributed by atoms with E-state index in [1.807, 2.05) is 0 Å². The molecule has 0 spiro atoms. The molecule has 0 radical (unpaired) electrons. The summed E-state index contributed by atoms with van der Waals surface area (Å²) in [5, 5.41) is 13.8. The Hall–Kier alpha value is -0.860. The quantitative estimate of drug-likeness (QED) is 0.343. The van der Waals surface area contributed by atoms with E-state index in [-0.39, 0.29) is 0 Å². The normalized spacial score (nSPS) is 8.90. The average Bonchev–Trinajstić information content (AvgIpc) is 1.98. The van der Waals surface area contributed by atoms with Crippen LogP contribution in [0.2, 0.25) is 0 Å². The standard InChI is InChI=1S/C7H14N2O/c1-10-7(9)5-3-2-4-6-8/h6,8-9H,2-5H2,1H3. The highest BCUT2D eigenvalue weighted by Crippen LogP contribution is 1.98. The molecule has 0 aliphatic heterocycles. The Labute approximate surface area is 61.4 Å². The number of hydrogen-bond acceptors (Lipinski definition) is 3. The molecule has 3 heteroatoms. The molecule has 0 aromatic heterocycles. The largest absolute Gasteiger partial charge is 0.484 e. The molecular formula is C7H14N2O. The van der Waals surface area contributed by atoms with Crippen LogP contribution in [0.5, 0.6) is 0 Å². The number of rotatable bonds is 5. The Kier molecular flexibility index (Phi) is 5.72. The van der Waals surface area contributed by atoms with E-state index in [0.29, 0.717) is 12.3 Å². The highest BCUT2D eigenvalue weighted by atomic mass is 16.5. The summed E-state index contributed by atoms with van der Waals surface area (Å²) in [6, 6.07) is 0. The first kappa shape index (κ1) is 9.14. The van der Waals surface area contributed by atoms with E-state index >= 15 is 0 Å². The van der Waals surface area contributed by atoms with Gasteiger partial charge in [-0.15, -0.1) is 0 Å². The summed E-state index contributed by atoms with van der Waals surface area (Å²) in [6.07, 6.45) is 4.84. The van der Waals surface area contributed by atoms with Crippen LogP contribution in [0.15, 0.2) is 0 Å². The van der Waals surface area contributed by atoms with Gasteiger partial charge in [0.1, 0.15) is 0 Å². The molecule has 0 fully saturated rings. The third kappa shape index (κ3) is 5.28. The maximum absolute atomic E-state index is 7.09. The molecule has 3 nitrogen and oxygen atoms in total. The topological polar surface area (TPSA) is 56.9 Å². The van der Waals surface area contributed by atoms with E-state index in [9.17, 15) is 0 Å². The van der Waals surface area contributed by atoms with Gasteiger partial charge in [0.05, 0.1) is 7.11 Å². The summed E-state index contributed by atoms with van der Waals surface area (Å²) in [5.41, 5.74) is 0. The van der Waals surface area contributed by atoms with Gasteiger partial charge >= 0.3 is 0 Å². The maximum Gasteiger partial charge on any atom is 0.180 e. The molecule has 0 amide bonds. The summed E-state index contributed by atoms with van der Waals surface area (Å²) in [4.78, 5) is 0. The van der Waals surface area contributed by atoms with E-state index in [1.165, 1.54) is 13.3 Å². The minimum absolute atomic E-state index is 0.338. The number of hydrogen-bond donors (Lipinski definition) is 2. The average molecular weight is 142 g/mol. The van der Waals surface area contributed by atoms with Gasteiger partial charge in [-0.1, -0.05) is 0 Å². The van der Waals surface area contributed by atoms with Gasteiger partial charge in [0.15, 0.2) is 5.90 Å². The lowest BCUT2D eigenvalue weighted by Crippen LogP contribution is -1.97. The van der Waals surface area contributed by atoms with Crippen molar-refractivity contribution in [2.24, 2.45) is 0 Å². The molecular weight excluding hydrogens is 128 g/mol. The van der Waals surface area contributed by atoms with E-state index < -0.39 is 0 Å². The zero-order valence-corrected chi connectivity index (χ0v) is 6.31. The van der Waals surface area contributed by atoms with Crippen LogP contribution in [-0.4, -0.2) is 19.2 Å². The van der Waals surface area contributed by atoms with Crippen molar-refractivity contribution in [2.45, 2.75) is 25.7 Å². The number of unbranched alkanes of at least 4 members (excludes halogenated alkanes) is 2. The smallest absolute Gasteiger partial charge is 0.180 e. The fourth-order valence-corrected chi connectivity index (χ4v) is 0.634. The maximum atomic E-state index is 7.09. The van der Waals surface area contributed by atoms with Crippen molar-refractivity contribution in [3.63, 3.8) is 0 Å². The third-order valence-corrected chi connectivity index (χ3v) is 1.25. The van der Waals surface area contributed by atoms with Gasteiger partial charge in [-0.3, -0.25) is 5.41 Å². The second-order valence-electron chi connectivity index (χ2n) is 2.08. The highest BCUT2D eigenvalue weighted by Gasteiger charge is 1.92. The van der Waals surface area contributed by atoms with Crippen LogP contribution < -0.4 is 0 Å². The molecule has 0 aromatic rings. The van der Waals surface area contributed by atoms with Crippen molar-refractivity contribution in [2.75, 3.05) is 7.11 Å². The molecule has 58 valence electrons. The van der Waals surface area contributed by atoms with Gasteiger partial charge in [-0.2, -0.15) is 0 Å². The van der Waals surface area contributed by atoms with Crippen LogP contribution in [0.25, 0.3) is 0 Å². The third-order valence-electron chi connectivity index (χ3n) is 1.25. The first-order valence-electron chi connectivity index (χ1n) is 3.41. The van der Waals surface area contributed by atoms with Crippen molar-refractivity contribution in [3.05, 3.63) is 0 Å². The van der Waals surface area contributed by atoms with Gasteiger partial charge in [-0.05, 0) is 25.5 Å². The Balaban J connectivity index is 3.03. The predicted molar refractivity (Wildman–Crippen MR) is 42.0 cm³/mol. The summed E-state index contributed by atoms with van der Waals surface area (Å²) >= 11 is 0. The Morgan fingerprint density at radius 1 is 1.50 bits per heavy atom. The molecule has 2 N–H and O–H groups in total. The molecule has 0 atom stereocenters. The monoisotopic (exact) mass is 142 g/mol. The second-order valence-corrected chi connectivity index (χ2v) is 2.08. The predicted octanol–water partition coefficient (Wildman–Crippen LogP) is 1.82. The van der Waals surface area contributed by atoms with Crippen molar-refractivity contribution < 1.29 is 4.74 Å². The molecule has 0 saturated heterocycles. The van der Waals surface area contributed by atoms with E-state index in [0.717, 1.165) is 19.3 Å². The number of methoxy groups -OCH3 is 1. The van der Waals surface area contributed by atoms with E-state index in [2.05, 4.69) is 4.74 Å². The summed E-state index contributed by atoms with van der Waals surface area (Å²) in [7, 11) is 1.51. The van der Waals surface area contributed by atoms with Crippen LogP contribution in [-0.2, 0) is 4.74 Å². The van der Waals surface area contributed by atoms with Crippen molar-refractivity contribution in [3.8, 4) is 0 Å². The molecule has 0 aliphatic carbocycles. The summed E-state index contributed by atoms with van der Waals surface area (Å²) in [5.74, 6) is 0.338. The van der Waals surface area contributed by atoms with Gasteiger partial charge in [0.2, 0.25) is 0 Å². The van der Waals surface area contributed by atoms with Gasteiger partial charge in [-0.25, -0.2) is 0 Å². The SMILES string of the molecule is COC(=N)CCCCC=N. The Bertz CT molecular complexity index is 112. The van der Waals surface area contributed by atoms with Crippen LogP contribution in [0.4, 0.5) is 0 Å². The molecule has 0 bridgehead atoms. The lowest BCUT2D eigenvalue weighted by molar-refractivity contribution is 0.383. The molecule has 0 aromatic carbocycles.